The van der Waals surface area contributed by atoms with Crippen molar-refractivity contribution in [2.75, 3.05) is 13.2 Å². The van der Waals surface area contributed by atoms with Crippen molar-refractivity contribution in [3.8, 4) is 5.75 Å². The predicted octanol–water partition coefficient (Wildman–Crippen LogP) is 4.35. The van der Waals surface area contributed by atoms with E-state index in [1.54, 1.807) is 12.1 Å². The highest BCUT2D eigenvalue weighted by Crippen LogP contribution is 2.35. The molecule has 6 nitrogen and oxygen atoms in total. The van der Waals surface area contributed by atoms with Crippen LogP contribution in [-0.4, -0.2) is 40.8 Å². The molecule has 0 atom stereocenters. The molecule has 0 saturated heterocycles. The minimum absolute atomic E-state index is 0.156. The van der Waals surface area contributed by atoms with E-state index in [9.17, 15) is 0 Å². The van der Waals surface area contributed by atoms with Gasteiger partial charge in [0.05, 0.1) is 16.7 Å². The number of unbranched alkanes of at least 4 members (excludes halogenated alkanes) is 1. The van der Waals surface area contributed by atoms with E-state index in [2.05, 4.69) is 26.1 Å². The van der Waals surface area contributed by atoms with Gasteiger partial charge in [-0.1, -0.05) is 34.8 Å². The van der Waals surface area contributed by atoms with Gasteiger partial charge in [0, 0.05) is 10.6 Å². The molecule has 0 amide bonds. The molecule has 0 heterocycles. The predicted molar refractivity (Wildman–Crippen MR) is 99.2 cm³/mol. The molecular weight excluding hydrogens is 393 g/mol. The van der Waals surface area contributed by atoms with E-state index < -0.39 is 11.9 Å². The van der Waals surface area contributed by atoms with Crippen molar-refractivity contribution in [2.45, 2.75) is 39.2 Å². The van der Waals surface area contributed by atoms with E-state index >= 15 is 0 Å². The Kier molecular flexibility index (Phi) is 10.9. The zero-order chi connectivity index (χ0) is 19.6. The number of benzene rings is 1. The lowest BCUT2D eigenvalue weighted by Crippen LogP contribution is -2.36. The summed E-state index contributed by atoms with van der Waals surface area (Å²) in [5, 5.41) is 19.6. The Hall–Kier alpha value is -1.21. The minimum atomic E-state index is -1.82. The second kappa shape index (κ2) is 11.4. The second-order valence-corrected chi connectivity index (χ2v) is 7.29. The molecule has 0 aromatic heterocycles. The summed E-state index contributed by atoms with van der Waals surface area (Å²) in [5.74, 6) is -3.14. The molecule has 0 fully saturated rings. The van der Waals surface area contributed by atoms with Crippen LogP contribution in [0.1, 0.15) is 33.6 Å². The minimum Gasteiger partial charge on any atom is -0.490 e. The summed E-state index contributed by atoms with van der Waals surface area (Å²) in [6.07, 6.45) is 1.98. The number of hydrogen-bond donors (Lipinski definition) is 3. The maximum Gasteiger partial charge on any atom is 0.414 e. The Morgan fingerprint density at radius 1 is 1.04 bits per heavy atom. The van der Waals surface area contributed by atoms with Gasteiger partial charge in [0.25, 0.3) is 0 Å². The van der Waals surface area contributed by atoms with Crippen LogP contribution in [0, 0.1) is 0 Å². The summed E-state index contributed by atoms with van der Waals surface area (Å²) >= 11 is 17.9. The molecule has 0 radical (unpaired) electrons. The maximum absolute atomic E-state index is 9.10. The highest BCUT2D eigenvalue weighted by molar-refractivity contribution is 6.40. The molecule has 0 aliphatic carbocycles. The number of carbonyl (C=O) groups is 2. The van der Waals surface area contributed by atoms with Crippen LogP contribution in [0.2, 0.25) is 15.1 Å². The van der Waals surface area contributed by atoms with E-state index in [-0.39, 0.29) is 5.54 Å². The molecule has 3 N–H and O–H groups in total. The second-order valence-electron chi connectivity index (χ2n) is 6.04. The van der Waals surface area contributed by atoms with Crippen LogP contribution < -0.4 is 10.1 Å². The third-order valence-corrected chi connectivity index (χ3v) is 3.40. The molecule has 0 saturated carbocycles. The van der Waals surface area contributed by atoms with Gasteiger partial charge in [-0.3, -0.25) is 0 Å². The Morgan fingerprint density at radius 2 is 1.52 bits per heavy atom. The highest BCUT2D eigenvalue weighted by Gasteiger charge is 2.10. The Bertz CT molecular complexity index is 553. The molecule has 9 heteroatoms. The van der Waals surface area contributed by atoms with Gasteiger partial charge >= 0.3 is 11.9 Å². The number of nitrogens with one attached hydrogen (secondary N) is 1. The summed E-state index contributed by atoms with van der Waals surface area (Å²) in [6.45, 7) is 8.01. The van der Waals surface area contributed by atoms with Crippen molar-refractivity contribution >= 4 is 46.7 Å². The van der Waals surface area contributed by atoms with Gasteiger partial charge < -0.3 is 20.3 Å². The molecule has 0 aliphatic rings. The third-order valence-electron chi connectivity index (χ3n) is 2.62. The molecule has 0 aliphatic heterocycles. The van der Waals surface area contributed by atoms with Crippen LogP contribution in [0.3, 0.4) is 0 Å². The van der Waals surface area contributed by atoms with Crippen LogP contribution in [-0.2, 0) is 9.59 Å². The zero-order valence-corrected chi connectivity index (χ0v) is 16.5. The number of aliphatic carboxylic acids is 2. The fraction of sp³-hybridized carbons (Fsp3) is 0.500. The molecular formula is C16H22Cl3NO5. The number of carboxylic acids is 2. The first-order chi connectivity index (χ1) is 11.4. The molecule has 0 unspecified atom stereocenters. The summed E-state index contributed by atoms with van der Waals surface area (Å²) < 4.78 is 5.60. The van der Waals surface area contributed by atoms with Crippen LogP contribution in [0.4, 0.5) is 0 Å². The first-order valence-electron chi connectivity index (χ1n) is 7.42. The lowest BCUT2D eigenvalue weighted by Gasteiger charge is -2.20. The van der Waals surface area contributed by atoms with E-state index in [1.807, 2.05) is 0 Å². The first kappa shape index (κ1) is 23.8. The monoisotopic (exact) mass is 413 g/mol. The Labute approximate surface area is 162 Å². The molecule has 0 bridgehead atoms. The zero-order valence-electron chi connectivity index (χ0n) is 14.2. The number of rotatable bonds is 6. The van der Waals surface area contributed by atoms with E-state index in [0.717, 1.165) is 19.4 Å². The summed E-state index contributed by atoms with van der Waals surface area (Å²) in [7, 11) is 0. The van der Waals surface area contributed by atoms with Crippen LogP contribution in [0.25, 0.3) is 0 Å². The van der Waals surface area contributed by atoms with E-state index in [1.165, 1.54) is 0 Å². The quantitative estimate of drug-likeness (QED) is 0.473. The van der Waals surface area contributed by atoms with Gasteiger partial charge in [-0.2, -0.15) is 0 Å². The number of halogens is 3. The lowest BCUT2D eigenvalue weighted by atomic mass is 10.1. The molecule has 1 aromatic rings. The Morgan fingerprint density at radius 3 is 1.92 bits per heavy atom. The van der Waals surface area contributed by atoms with Crippen LogP contribution in [0.15, 0.2) is 12.1 Å². The fourth-order valence-electron chi connectivity index (χ4n) is 1.53. The summed E-state index contributed by atoms with van der Waals surface area (Å²) in [6, 6.07) is 3.26. The summed E-state index contributed by atoms with van der Waals surface area (Å²) in [5.41, 5.74) is 0.156. The van der Waals surface area contributed by atoms with Crippen molar-refractivity contribution in [3.63, 3.8) is 0 Å². The van der Waals surface area contributed by atoms with E-state index in [0.29, 0.717) is 27.4 Å². The normalized spacial score (nSPS) is 10.6. The van der Waals surface area contributed by atoms with Crippen molar-refractivity contribution in [2.24, 2.45) is 0 Å². The van der Waals surface area contributed by atoms with Gasteiger partial charge in [0.15, 0.2) is 5.75 Å². The molecule has 1 aromatic carbocycles. The number of carboxylic acid groups (broad SMARTS) is 2. The molecule has 0 spiro atoms. The van der Waals surface area contributed by atoms with Gasteiger partial charge in [-0.05, 0) is 52.3 Å². The Balaban J connectivity index is 0.000000823. The number of hydrogen-bond acceptors (Lipinski definition) is 4. The third kappa shape index (κ3) is 11.9. The van der Waals surface area contributed by atoms with E-state index in [4.69, 9.17) is 59.3 Å². The van der Waals surface area contributed by atoms with Crippen molar-refractivity contribution in [3.05, 3.63) is 27.2 Å². The fourth-order valence-corrected chi connectivity index (χ4v) is 2.46. The topological polar surface area (TPSA) is 95.9 Å². The smallest absolute Gasteiger partial charge is 0.414 e. The van der Waals surface area contributed by atoms with Gasteiger partial charge in [0.2, 0.25) is 0 Å². The average molecular weight is 415 g/mol. The highest BCUT2D eigenvalue weighted by atomic mass is 35.5. The molecule has 25 heavy (non-hydrogen) atoms. The SMILES string of the molecule is CC(C)(C)NCCCCOc1c(Cl)cc(Cl)cc1Cl.O=C(O)C(=O)O. The molecule has 142 valence electrons. The standard InChI is InChI=1S/C14H20Cl3NO.C2H2O4/c1-14(2,3)18-6-4-5-7-19-13-11(16)8-10(15)9-12(13)17;3-1(4)2(5)6/h8-9,18H,4-7H2,1-3H3;(H,3,4)(H,5,6). The summed E-state index contributed by atoms with van der Waals surface area (Å²) in [4.78, 5) is 18.2. The van der Waals surface area contributed by atoms with Gasteiger partial charge in [-0.25, -0.2) is 9.59 Å². The van der Waals surface area contributed by atoms with Crippen LogP contribution in [0.5, 0.6) is 5.75 Å². The maximum atomic E-state index is 9.10. The average Bonchev–Trinajstić information content (AvgIpc) is 2.44. The van der Waals surface area contributed by atoms with Gasteiger partial charge in [0.1, 0.15) is 0 Å². The van der Waals surface area contributed by atoms with Crippen molar-refractivity contribution in [1.82, 2.24) is 5.32 Å². The van der Waals surface area contributed by atoms with Crippen molar-refractivity contribution in [1.29, 1.82) is 0 Å². The lowest BCUT2D eigenvalue weighted by molar-refractivity contribution is -0.159. The first-order valence-corrected chi connectivity index (χ1v) is 8.56. The van der Waals surface area contributed by atoms with Crippen molar-refractivity contribution < 1.29 is 24.5 Å². The van der Waals surface area contributed by atoms with Gasteiger partial charge in [-0.15, -0.1) is 0 Å². The van der Waals surface area contributed by atoms with Crippen LogP contribution >= 0.6 is 34.8 Å². The number of ether oxygens (including phenoxy) is 1. The largest absolute Gasteiger partial charge is 0.490 e. The molecule has 1 rings (SSSR count).